The van der Waals surface area contributed by atoms with E-state index in [1.807, 2.05) is 77.1 Å². The Kier molecular flexibility index (Phi) is 6.26. The maximum absolute atomic E-state index is 13.1. The van der Waals surface area contributed by atoms with Crippen LogP contribution < -0.4 is 10.7 Å². The molecule has 0 atom stereocenters. The molecule has 0 aliphatic heterocycles. The summed E-state index contributed by atoms with van der Waals surface area (Å²) in [7, 11) is 0. The second-order valence-electron chi connectivity index (χ2n) is 7.80. The quantitative estimate of drug-likeness (QED) is 0.762. The van der Waals surface area contributed by atoms with E-state index in [0.717, 1.165) is 17.5 Å². The van der Waals surface area contributed by atoms with Gasteiger partial charge in [0.15, 0.2) is 0 Å². The molecule has 0 spiro atoms. The van der Waals surface area contributed by atoms with Crippen LogP contribution in [0.5, 0.6) is 0 Å². The van der Waals surface area contributed by atoms with Crippen molar-refractivity contribution in [3.8, 4) is 0 Å². The van der Waals surface area contributed by atoms with Gasteiger partial charge in [0.25, 0.3) is 5.91 Å². The summed E-state index contributed by atoms with van der Waals surface area (Å²) in [5, 5.41) is 4.15. The first-order valence-electron chi connectivity index (χ1n) is 9.19. The van der Waals surface area contributed by atoms with Gasteiger partial charge in [0.05, 0.1) is 5.54 Å². The van der Waals surface area contributed by atoms with Crippen LogP contribution in [0.25, 0.3) is 0 Å². The summed E-state index contributed by atoms with van der Waals surface area (Å²) in [6.07, 6.45) is 0.939. The smallest absolute Gasteiger partial charge is 0.307 e. The molecule has 0 saturated heterocycles. The van der Waals surface area contributed by atoms with Gasteiger partial charge in [0.2, 0.25) is 0 Å². The van der Waals surface area contributed by atoms with E-state index in [1.165, 1.54) is 10.6 Å². The summed E-state index contributed by atoms with van der Waals surface area (Å²) in [6.45, 7) is 11.6. The molecule has 0 aliphatic rings. The third-order valence-electron chi connectivity index (χ3n) is 4.18. The van der Waals surface area contributed by atoms with Crippen LogP contribution in [-0.4, -0.2) is 22.5 Å². The summed E-state index contributed by atoms with van der Waals surface area (Å²) in [6, 6.07) is 12.9. The van der Waals surface area contributed by atoms with Gasteiger partial charge < -0.3 is 5.32 Å². The summed E-state index contributed by atoms with van der Waals surface area (Å²) in [5.41, 5.74) is 6.56. The Labute approximate surface area is 161 Å². The van der Waals surface area contributed by atoms with Crippen molar-refractivity contribution in [3.05, 3.63) is 64.7 Å². The second kappa shape index (κ2) is 8.25. The molecule has 0 bridgehead atoms. The number of nitrogens with one attached hydrogen (secondary N) is 2. The first-order valence-corrected chi connectivity index (χ1v) is 9.19. The molecule has 3 amide bonds. The Balaban J connectivity index is 2.18. The number of hydrogen-bond donors (Lipinski definition) is 2. The number of urea groups is 1. The minimum atomic E-state index is -0.585. The highest BCUT2D eigenvalue weighted by Crippen LogP contribution is 2.18. The maximum Gasteiger partial charge on any atom is 0.338 e. The van der Waals surface area contributed by atoms with Gasteiger partial charge >= 0.3 is 6.03 Å². The Hall–Kier alpha value is -2.82. The lowest BCUT2D eigenvalue weighted by atomic mass is 10.0. The van der Waals surface area contributed by atoms with Crippen LogP contribution in [0.1, 0.15) is 54.7 Å². The Morgan fingerprint density at radius 1 is 0.963 bits per heavy atom. The highest BCUT2D eigenvalue weighted by molar-refractivity contribution is 5.97. The van der Waals surface area contributed by atoms with Gasteiger partial charge in [-0.3, -0.25) is 4.79 Å². The zero-order valence-electron chi connectivity index (χ0n) is 17.0. The van der Waals surface area contributed by atoms with Gasteiger partial charge in [-0.1, -0.05) is 36.2 Å². The molecule has 2 N–H and O–H groups in total. The third kappa shape index (κ3) is 5.58. The zero-order valence-corrected chi connectivity index (χ0v) is 17.0. The number of hydrogen-bond acceptors (Lipinski definition) is 2. The summed E-state index contributed by atoms with van der Waals surface area (Å²) in [5.74, 6) is -0.245. The van der Waals surface area contributed by atoms with Crippen LogP contribution >= 0.6 is 0 Å². The molecule has 2 aromatic carbocycles. The summed E-state index contributed by atoms with van der Waals surface area (Å²) < 4.78 is 0. The summed E-state index contributed by atoms with van der Waals surface area (Å²) >= 11 is 0. The highest BCUT2D eigenvalue weighted by Gasteiger charge is 2.29. The Morgan fingerprint density at radius 2 is 1.52 bits per heavy atom. The van der Waals surface area contributed by atoms with E-state index in [9.17, 15) is 9.59 Å². The van der Waals surface area contributed by atoms with E-state index < -0.39 is 11.6 Å². The lowest BCUT2D eigenvalue weighted by Gasteiger charge is -2.35. The minimum absolute atomic E-state index is 0.245. The van der Waals surface area contributed by atoms with Gasteiger partial charge in [-0.15, -0.1) is 0 Å². The normalized spacial score (nSPS) is 11.0. The van der Waals surface area contributed by atoms with Gasteiger partial charge in [-0.25, -0.2) is 15.2 Å². The van der Waals surface area contributed by atoms with E-state index >= 15 is 0 Å². The number of amides is 3. The van der Waals surface area contributed by atoms with Crippen molar-refractivity contribution in [1.29, 1.82) is 0 Å². The van der Waals surface area contributed by atoms with Crippen LogP contribution in [0.4, 0.5) is 10.5 Å². The number of carbonyl (C=O) groups excluding carboxylic acids is 2. The highest BCUT2D eigenvalue weighted by atomic mass is 16.2. The average molecular weight is 367 g/mol. The first kappa shape index (κ1) is 20.5. The number of benzene rings is 2. The van der Waals surface area contributed by atoms with Crippen LogP contribution in [0.15, 0.2) is 42.5 Å². The lowest BCUT2D eigenvalue weighted by molar-refractivity contribution is 0.0460. The topological polar surface area (TPSA) is 61.4 Å². The van der Waals surface area contributed by atoms with Gasteiger partial charge in [0, 0.05) is 11.3 Å². The van der Waals surface area contributed by atoms with Crippen LogP contribution in [-0.2, 0) is 6.42 Å². The number of aryl methyl sites for hydroxylation is 3. The molecular weight excluding hydrogens is 338 g/mol. The molecule has 0 heterocycles. The van der Waals surface area contributed by atoms with Gasteiger partial charge in [-0.2, -0.15) is 0 Å². The number of hydrazine groups is 1. The van der Waals surface area contributed by atoms with Crippen LogP contribution in [0.2, 0.25) is 0 Å². The standard InChI is InChI=1S/C22H29N3O2/c1-7-17-8-10-19(11-9-17)23-21(27)24-25(22(4,5)6)20(26)18-13-15(2)12-16(3)14-18/h8-14H,7H2,1-6H3,(H2,23,24,27). The molecule has 0 saturated carbocycles. The molecule has 5 heteroatoms. The second-order valence-corrected chi connectivity index (χ2v) is 7.80. The fraction of sp³-hybridized carbons (Fsp3) is 0.364. The average Bonchev–Trinajstić information content (AvgIpc) is 2.58. The van der Waals surface area contributed by atoms with E-state index in [-0.39, 0.29) is 5.91 Å². The van der Waals surface area contributed by atoms with Crippen molar-refractivity contribution in [2.24, 2.45) is 0 Å². The maximum atomic E-state index is 13.1. The lowest BCUT2D eigenvalue weighted by Crippen LogP contribution is -2.56. The SMILES string of the molecule is CCc1ccc(NC(=O)NN(C(=O)c2cc(C)cc(C)c2)C(C)(C)C)cc1. The van der Waals surface area contributed by atoms with Crippen molar-refractivity contribution in [1.82, 2.24) is 10.4 Å². The molecular formula is C22H29N3O2. The molecule has 0 aliphatic carbocycles. The fourth-order valence-electron chi connectivity index (χ4n) is 2.83. The molecule has 0 fully saturated rings. The molecule has 0 aromatic heterocycles. The fourth-order valence-corrected chi connectivity index (χ4v) is 2.83. The van der Waals surface area contributed by atoms with Crippen molar-refractivity contribution in [2.75, 3.05) is 5.32 Å². The molecule has 0 unspecified atom stereocenters. The minimum Gasteiger partial charge on any atom is -0.307 e. The predicted octanol–water partition coefficient (Wildman–Crippen LogP) is 4.84. The molecule has 27 heavy (non-hydrogen) atoms. The monoisotopic (exact) mass is 367 g/mol. The molecule has 5 nitrogen and oxygen atoms in total. The third-order valence-corrected chi connectivity index (χ3v) is 4.18. The number of rotatable bonds is 3. The molecule has 0 radical (unpaired) electrons. The van der Waals surface area contributed by atoms with E-state index in [1.54, 1.807) is 0 Å². The molecule has 2 rings (SSSR count). The predicted molar refractivity (Wildman–Crippen MR) is 110 cm³/mol. The first-order chi connectivity index (χ1) is 12.6. The Bertz CT molecular complexity index is 800. The van der Waals surface area contributed by atoms with Crippen LogP contribution in [0, 0.1) is 13.8 Å². The van der Waals surface area contributed by atoms with E-state index in [0.29, 0.717) is 11.3 Å². The van der Waals surface area contributed by atoms with E-state index in [4.69, 9.17) is 0 Å². The van der Waals surface area contributed by atoms with Crippen molar-refractivity contribution in [2.45, 2.75) is 53.5 Å². The Morgan fingerprint density at radius 3 is 2.00 bits per heavy atom. The zero-order chi connectivity index (χ0) is 20.2. The molecule has 144 valence electrons. The van der Waals surface area contributed by atoms with Crippen molar-refractivity contribution < 1.29 is 9.59 Å². The number of anilines is 1. The van der Waals surface area contributed by atoms with Crippen LogP contribution in [0.3, 0.4) is 0 Å². The van der Waals surface area contributed by atoms with E-state index in [2.05, 4.69) is 17.7 Å². The largest absolute Gasteiger partial charge is 0.338 e. The summed E-state index contributed by atoms with van der Waals surface area (Å²) in [4.78, 5) is 25.5. The van der Waals surface area contributed by atoms with Crippen molar-refractivity contribution >= 4 is 17.6 Å². The molecule has 2 aromatic rings. The number of nitrogens with zero attached hydrogens (tertiary/aromatic N) is 1. The van der Waals surface area contributed by atoms with Gasteiger partial charge in [0.1, 0.15) is 0 Å². The van der Waals surface area contributed by atoms with Crippen molar-refractivity contribution in [3.63, 3.8) is 0 Å². The van der Waals surface area contributed by atoms with Gasteiger partial charge in [-0.05, 0) is 70.9 Å². The number of carbonyl (C=O) groups is 2.